The molecule has 1 saturated heterocycles. The zero-order chi connectivity index (χ0) is 17.8. The van der Waals surface area contributed by atoms with Crippen LogP contribution in [0.25, 0.3) is 0 Å². The fraction of sp³-hybridized carbons (Fsp3) is 0.444. The summed E-state index contributed by atoms with van der Waals surface area (Å²) >= 11 is 5.93. The fourth-order valence-electron chi connectivity index (χ4n) is 3.07. The molecule has 134 valence electrons. The lowest BCUT2D eigenvalue weighted by atomic mass is 10.2. The lowest BCUT2D eigenvalue weighted by Crippen LogP contribution is -2.48. The molecule has 3 rings (SSSR count). The second-order valence-electron chi connectivity index (χ2n) is 6.52. The Bertz CT molecular complexity index is 720. The molecule has 2 aromatic rings. The summed E-state index contributed by atoms with van der Waals surface area (Å²) < 4.78 is 1.69. The Morgan fingerprint density at radius 2 is 1.80 bits per heavy atom. The van der Waals surface area contributed by atoms with Gasteiger partial charge in [0.15, 0.2) is 0 Å². The van der Waals surface area contributed by atoms with E-state index in [9.17, 15) is 4.79 Å². The van der Waals surface area contributed by atoms with Crippen LogP contribution in [0.4, 0.5) is 5.82 Å². The number of hydrogen-bond acceptors (Lipinski definition) is 4. The molecule has 1 aromatic carbocycles. The van der Waals surface area contributed by atoms with Crippen LogP contribution in [-0.4, -0.2) is 58.2 Å². The Morgan fingerprint density at radius 1 is 1.16 bits per heavy atom. The van der Waals surface area contributed by atoms with E-state index in [1.165, 1.54) is 5.56 Å². The van der Waals surface area contributed by atoms with Crippen LogP contribution in [0, 0.1) is 6.92 Å². The molecule has 1 aliphatic rings. The highest BCUT2D eigenvalue weighted by atomic mass is 35.5. The molecule has 1 fully saturated rings. The van der Waals surface area contributed by atoms with Gasteiger partial charge in [0.25, 0.3) is 0 Å². The van der Waals surface area contributed by atoms with Crippen molar-refractivity contribution in [3.63, 3.8) is 0 Å². The van der Waals surface area contributed by atoms with Crippen LogP contribution in [0.15, 0.2) is 30.3 Å². The van der Waals surface area contributed by atoms with Gasteiger partial charge in [0.05, 0.1) is 12.2 Å². The fourth-order valence-corrected chi connectivity index (χ4v) is 3.19. The summed E-state index contributed by atoms with van der Waals surface area (Å²) in [5, 5.41) is 7.93. The number of amides is 1. The van der Waals surface area contributed by atoms with Crippen LogP contribution in [0.2, 0.25) is 5.02 Å². The number of rotatable bonds is 5. The topological polar surface area (TPSA) is 53.4 Å². The van der Waals surface area contributed by atoms with Crippen LogP contribution >= 0.6 is 11.6 Å². The van der Waals surface area contributed by atoms with E-state index in [1.54, 1.807) is 4.68 Å². The predicted molar refractivity (Wildman–Crippen MR) is 99.7 cm³/mol. The highest BCUT2D eigenvalue weighted by Crippen LogP contribution is 2.13. The molecule has 0 bridgehead atoms. The normalized spacial score (nSPS) is 16.1. The van der Waals surface area contributed by atoms with E-state index in [2.05, 4.69) is 32.3 Å². The second-order valence-corrected chi connectivity index (χ2v) is 6.96. The summed E-state index contributed by atoms with van der Waals surface area (Å²) in [6.45, 7) is 6.96. The lowest BCUT2D eigenvalue weighted by Gasteiger charge is -2.34. The highest BCUT2D eigenvalue weighted by molar-refractivity contribution is 6.30. The number of anilines is 1. The van der Waals surface area contributed by atoms with Crippen molar-refractivity contribution in [3.8, 4) is 0 Å². The number of nitrogens with one attached hydrogen (secondary N) is 1. The summed E-state index contributed by atoms with van der Waals surface area (Å²) in [5.41, 5.74) is 2.16. The molecule has 1 amide bonds. The van der Waals surface area contributed by atoms with Gasteiger partial charge in [-0.05, 0) is 24.6 Å². The third-order valence-electron chi connectivity index (χ3n) is 4.42. The molecule has 6 nitrogen and oxygen atoms in total. The third kappa shape index (κ3) is 5.04. The summed E-state index contributed by atoms with van der Waals surface area (Å²) in [5.74, 6) is 0.748. The average Bonchev–Trinajstić information content (AvgIpc) is 2.89. The number of carbonyl (C=O) groups is 1. The van der Waals surface area contributed by atoms with Gasteiger partial charge in [-0.25, -0.2) is 0 Å². The van der Waals surface area contributed by atoms with Gasteiger partial charge in [0.2, 0.25) is 5.91 Å². The number of nitrogens with zero attached hydrogens (tertiary/aromatic N) is 4. The van der Waals surface area contributed by atoms with E-state index in [0.29, 0.717) is 6.54 Å². The van der Waals surface area contributed by atoms with Crippen molar-refractivity contribution < 1.29 is 4.79 Å². The van der Waals surface area contributed by atoms with Crippen molar-refractivity contribution in [2.24, 2.45) is 7.05 Å². The molecule has 0 spiro atoms. The number of aryl methyl sites for hydroxylation is 2. The average molecular weight is 362 g/mol. The number of aromatic nitrogens is 2. The molecule has 0 unspecified atom stereocenters. The number of carbonyl (C=O) groups excluding carboxylic acids is 1. The predicted octanol–water partition coefficient (Wildman–Crippen LogP) is 2.14. The molecule has 0 atom stereocenters. The Kier molecular flexibility index (Phi) is 5.73. The molecule has 1 aliphatic heterocycles. The van der Waals surface area contributed by atoms with Crippen LogP contribution in [0.5, 0.6) is 0 Å². The quantitative estimate of drug-likeness (QED) is 0.886. The minimum atomic E-state index is 0.00847. The molecule has 7 heteroatoms. The first-order valence-electron chi connectivity index (χ1n) is 8.49. The third-order valence-corrected chi connectivity index (χ3v) is 4.67. The zero-order valence-corrected chi connectivity index (χ0v) is 15.5. The SMILES string of the molecule is Cc1cc(NC(=O)CN2CCN(Cc3ccc(Cl)cc3)CC2)n(C)n1. The van der Waals surface area contributed by atoms with Crippen molar-refractivity contribution in [2.75, 3.05) is 38.0 Å². The van der Waals surface area contributed by atoms with Crippen molar-refractivity contribution >= 4 is 23.3 Å². The smallest absolute Gasteiger partial charge is 0.239 e. The van der Waals surface area contributed by atoms with Crippen LogP contribution in [-0.2, 0) is 18.4 Å². The van der Waals surface area contributed by atoms with Gasteiger partial charge in [-0.1, -0.05) is 23.7 Å². The van der Waals surface area contributed by atoms with E-state index < -0.39 is 0 Å². The van der Waals surface area contributed by atoms with Crippen molar-refractivity contribution in [3.05, 3.63) is 46.6 Å². The summed E-state index contributed by atoms with van der Waals surface area (Å²) in [6, 6.07) is 9.87. The molecule has 25 heavy (non-hydrogen) atoms. The summed E-state index contributed by atoms with van der Waals surface area (Å²) in [4.78, 5) is 16.8. The summed E-state index contributed by atoms with van der Waals surface area (Å²) in [6.07, 6.45) is 0. The molecular weight excluding hydrogens is 338 g/mol. The van der Waals surface area contributed by atoms with Gasteiger partial charge in [0.1, 0.15) is 5.82 Å². The number of hydrogen-bond donors (Lipinski definition) is 1. The minimum Gasteiger partial charge on any atom is -0.310 e. The Balaban J connectivity index is 1.43. The van der Waals surface area contributed by atoms with Crippen LogP contribution in [0.3, 0.4) is 0 Å². The van der Waals surface area contributed by atoms with E-state index in [0.717, 1.165) is 49.3 Å². The number of halogens is 1. The van der Waals surface area contributed by atoms with E-state index in [1.807, 2.05) is 32.2 Å². The standard InChI is InChI=1S/C18H24ClN5O/c1-14-11-17(22(2)21-14)20-18(25)13-24-9-7-23(8-10-24)12-15-3-5-16(19)6-4-15/h3-6,11H,7-10,12-13H2,1-2H3,(H,20,25). The van der Waals surface area contributed by atoms with Crippen molar-refractivity contribution in [1.82, 2.24) is 19.6 Å². The van der Waals surface area contributed by atoms with E-state index in [-0.39, 0.29) is 5.91 Å². The number of benzene rings is 1. The Morgan fingerprint density at radius 3 is 2.40 bits per heavy atom. The second kappa shape index (κ2) is 7.99. The Hall–Kier alpha value is -1.89. The van der Waals surface area contributed by atoms with Crippen LogP contribution < -0.4 is 5.32 Å². The van der Waals surface area contributed by atoms with Gasteiger partial charge in [-0.2, -0.15) is 5.10 Å². The molecule has 1 N–H and O–H groups in total. The largest absolute Gasteiger partial charge is 0.310 e. The molecule has 0 radical (unpaired) electrons. The lowest BCUT2D eigenvalue weighted by molar-refractivity contribution is -0.117. The first kappa shape index (κ1) is 17.9. The molecule has 1 aromatic heterocycles. The Labute approximate surface area is 153 Å². The van der Waals surface area contributed by atoms with E-state index in [4.69, 9.17) is 11.6 Å². The summed E-state index contributed by atoms with van der Waals surface area (Å²) in [7, 11) is 1.83. The van der Waals surface area contributed by atoms with E-state index >= 15 is 0 Å². The molecular formula is C18H24ClN5O. The molecule has 0 saturated carbocycles. The van der Waals surface area contributed by atoms with Gasteiger partial charge < -0.3 is 5.32 Å². The van der Waals surface area contributed by atoms with Crippen molar-refractivity contribution in [2.45, 2.75) is 13.5 Å². The highest BCUT2D eigenvalue weighted by Gasteiger charge is 2.19. The zero-order valence-electron chi connectivity index (χ0n) is 14.7. The first-order chi connectivity index (χ1) is 12.0. The number of piperazine rings is 1. The maximum atomic E-state index is 12.2. The van der Waals surface area contributed by atoms with Gasteiger partial charge in [-0.15, -0.1) is 0 Å². The maximum Gasteiger partial charge on any atom is 0.239 e. The molecule has 2 heterocycles. The van der Waals surface area contributed by atoms with Gasteiger partial charge >= 0.3 is 0 Å². The van der Waals surface area contributed by atoms with Crippen LogP contribution in [0.1, 0.15) is 11.3 Å². The monoisotopic (exact) mass is 361 g/mol. The van der Waals surface area contributed by atoms with Gasteiger partial charge in [-0.3, -0.25) is 19.3 Å². The first-order valence-corrected chi connectivity index (χ1v) is 8.87. The van der Waals surface area contributed by atoms with Crippen molar-refractivity contribution in [1.29, 1.82) is 0 Å². The minimum absolute atomic E-state index is 0.00847. The van der Waals surface area contributed by atoms with Gasteiger partial charge in [0, 0.05) is 50.9 Å². The maximum absolute atomic E-state index is 12.2. The molecule has 0 aliphatic carbocycles.